The predicted molar refractivity (Wildman–Crippen MR) is 115 cm³/mol. The van der Waals surface area contributed by atoms with Crippen LogP contribution in [0.3, 0.4) is 0 Å². The largest absolute Gasteiger partial charge is 0.508 e. The first-order chi connectivity index (χ1) is 13.5. The Hall–Kier alpha value is -2.88. The van der Waals surface area contributed by atoms with Crippen molar-refractivity contribution in [1.29, 1.82) is 0 Å². The molecule has 0 amide bonds. The Kier molecular flexibility index (Phi) is 5.40. The molecule has 0 saturated heterocycles. The van der Waals surface area contributed by atoms with E-state index in [1.807, 2.05) is 6.07 Å². The Balaban J connectivity index is 1.89. The number of allylic oxidation sites excluding steroid dienone is 1. The van der Waals surface area contributed by atoms with Gasteiger partial charge in [0.15, 0.2) is 5.78 Å². The van der Waals surface area contributed by atoms with E-state index in [9.17, 15) is 14.7 Å². The van der Waals surface area contributed by atoms with Crippen LogP contribution >= 0.6 is 0 Å². The average Bonchev–Trinajstić information content (AvgIpc) is 2.68. The number of benzene rings is 2. The highest BCUT2D eigenvalue weighted by Crippen LogP contribution is 2.49. The summed E-state index contributed by atoms with van der Waals surface area (Å²) in [5.41, 5.74) is 3.53. The summed E-state index contributed by atoms with van der Waals surface area (Å²) < 4.78 is 4.69. The van der Waals surface area contributed by atoms with E-state index in [0.29, 0.717) is 11.1 Å². The lowest BCUT2D eigenvalue weighted by Gasteiger charge is -2.42. The number of fused-ring (bicyclic) bond motifs is 1. The molecule has 0 heterocycles. The first-order valence-corrected chi connectivity index (χ1v) is 9.84. The fourth-order valence-electron chi connectivity index (χ4n) is 4.02. The molecule has 0 saturated carbocycles. The van der Waals surface area contributed by atoms with Crippen molar-refractivity contribution in [3.63, 3.8) is 0 Å². The second kappa shape index (κ2) is 7.51. The second-order valence-electron chi connectivity index (χ2n) is 9.00. The van der Waals surface area contributed by atoms with Crippen molar-refractivity contribution < 1.29 is 19.4 Å². The molecule has 4 nitrogen and oxygen atoms in total. The number of esters is 1. The van der Waals surface area contributed by atoms with Crippen molar-refractivity contribution in [3.05, 3.63) is 70.3 Å². The number of aromatic hydroxyl groups is 1. The Morgan fingerprint density at radius 2 is 1.59 bits per heavy atom. The van der Waals surface area contributed by atoms with Crippen molar-refractivity contribution in [2.24, 2.45) is 0 Å². The molecule has 0 spiro atoms. The van der Waals surface area contributed by atoms with Crippen LogP contribution in [-0.4, -0.2) is 24.0 Å². The van der Waals surface area contributed by atoms with Gasteiger partial charge in [-0.2, -0.15) is 0 Å². The zero-order chi connectivity index (χ0) is 21.4. The lowest BCUT2D eigenvalue weighted by molar-refractivity contribution is 0.0600. The first-order valence-electron chi connectivity index (χ1n) is 9.84. The SMILES string of the molecule is COC(=O)c1ccc(C=CC(=O)c2cc(O)c3c(c2)C(C)(C)CCC3(C)C)cc1. The molecule has 0 aliphatic heterocycles. The van der Waals surface area contributed by atoms with Crippen molar-refractivity contribution in [1.82, 2.24) is 0 Å². The van der Waals surface area contributed by atoms with Crippen LogP contribution in [0, 0.1) is 0 Å². The van der Waals surface area contributed by atoms with Crippen LogP contribution in [0.25, 0.3) is 6.08 Å². The van der Waals surface area contributed by atoms with E-state index in [1.165, 1.54) is 13.2 Å². The van der Waals surface area contributed by atoms with E-state index in [4.69, 9.17) is 0 Å². The second-order valence-corrected chi connectivity index (χ2v) is 9.00. The summed E-state index contributed by atoms with van der Waals surface area (Å²) in [5.74, 6) is -0.370. The number of carbonyl (C=O) groups is 2. The van der Waals surface area contributed by atoms with Crippen LogP contribution in [-0.2, 0) is 15.6 Å². The van der Waals surface area contributed by atoms with E-state index < -0.39 is 5.97 Å². The smallest absolute Gasteiger partial charge is 0.337 e. The van der Waals surface area contributed by atoms with Gasteiger partial charge in [0, 0.05) is 11.1 Å². The topological polar surface area (TPSA) is 63.6 Å². The minimum Gasteiger partial charge on any atom is -0.508 e. The number of rotatable bonds is 4. The minimum atomic E-state index is -0.397. The lowest BCUT2D eigenvalue weighted by Crippen LogP contribution is -2.34. The van der Waals surface area contributed by atoms with E-state index in [-0.39, 0.29) is 22.4 Å². The normalized spacial score (nSPS) is 17.0. The maximum Gasteiger partial charge on any atom is 0.337 e. The van der Waals surface area contributed by atoms with Gasteiger partial charge >= 0.3 is 5.97 Å². The van der Waals surface area contributed by atoms with Gasteiger partial charge in [0.2, 0.25) is 0 Å². The molecule has 29 heavy (non-hydrogen) atoms. The summed E-state index contributed by atoms with van der Waals surface area (Å²) in [7, 11) is 1.34. The highest BCUT2D eigenvalue weighted by atomic mass is 16.5. The Morgan fingerprint density at radius 1 is 0.966 bits per heavy atom. The van der Waals surface area contributed by atoms with Crippen LogP contribution in [0.15, 0.2) is 42.5 Å². The number of hydrogen-bond donors (Lipinski definition) is 1. The fraction of sp³-hybridized carbons (Fsp3) is 0.360. The maximum atomic E-state index is 12.8. The summed E-state index contributed by atoms with van der Waals surface area (Å²) in [6.07, 6.45) is 5.20. The van der Waals surface area contributed by atoms with Crippen molar-refractivity contribution >= 4 is 17.8 Å². The predicted octanol–water partition coefficient (Wildman–Crippen LogP) is 5.42. The zero-order valence-electron chi connectivity index (χ0n) is 17.7. The Bertz CT molecular complexity index is 979. The molecule has 2 aromatic rings. The molecule has 3 rings (SSSR count). The van der Waals surface area contributed by atoms with E-state index in [0.717, 1.165) is 29.5 Å². The standard InChI is InChI=1S/C25H28O4/c1-24(2)12-13-25(3,4)22-19(24)14-18(15-21(22)27)20(26)11-8-16-6-9-17(10-7-16)23(28)29-5/h6-11,14-15,27H,12-13H2,1-5H3. The molecular formula is C25H28O4. The van der Waals surface area contributed by atoms with Gasteiger partial charge in [-0.1, -0.05) is 45.9 Å². The number of carbonyl (C=O) groups excluding carboxylic acids is 2. The molecule has 152 valence electrons. The number of ketones is 1. The van der Waals surface area contributed by atoms with Gasteiger partial charge in [-0.05, 0) is 65.1 Å². The molecule has 2 aromatic carbocycles. The third-order valence-electron chi connectivity index (χ3n) is 5.94. The summed E-state index contributed by atoms with van der Waals surface area (Å²) in [6.45, 7) is 8.60. The van der Waals surface area contributed by atoms with Crippen LogP contribution in [0.4, 0.5) is 0 Å². The van der Waals surface area contributed by atoms with Gasteiger partial charge in [0.1, 0.15) is 5.75 Å². The fourth-order valence-corrected chi connectivity index (χ4v) is 4.02. The molecular weight excluding hydrogens is 364 g/mol. The third-order valence-corrected chi connectivity index (χ3v) is 5.94. The van der Waals surface area contributed by atoms with Crippen LogP contribution in [0.1, 0.15) is 77.9 Å². The number of methoxy groups -OCH3 is 1. The molecule has 1 N–H and O–H groups in total. The van der Waals surface area contributed by atoms with E-state index in [1.54, 1.807) is 36.4 Å². The van der Waals surface area contributed by atoms with Gasteiger partial charge in [-0.25, -0.2) is 4.79 Å². The summed E-state index contributed by atoms with van der Waals surface area (Å²) >= 11 is 0. The van der Waals surface area contributed by atoms with Crippen molar-refractivity contribution in [2.75, 3.05) is 7.11 Å². The van der Waals surface area contributed by atoms with E-state index >= 15 is 0 Å². The molecule has 0 atom stereocenters. The summed E-state index contributed by atoms with van der Waals surface area (Å²) in [6, 6.07) is 10.3. The number of hydrogen-bond acceptors (Lipinski definition) is 4. The monoisotopic (exact) mass is 392 g/mol. The van der Waals surface area contributed by atoms with Gasteiger partial charge in [-0.15, -0.1) is 0 Å². The minimum absolute atomic E-state index is 0.0912. The quantitative estimate of drug-likeness (QED) is 0.428. The summed E-state index contributed by atoms with van der Waals surface area (Å²) in [5, 5.41) is 10.7. The molecule has 4 heteroatoms. The highest BCUT2D eigenvalue weighted by molar-refractivity contribution is 6.07. The van der Waals surface area contributed by atoms with Crippen LogP contribution in [0.2, 0.25) is 0 Å². The Morgan fingerprint density at radius 3 is 2.21 bits per heavy atom. The van der Waals surface area contributed by atoms with Gasteiger partial charge in [0.05, 0.1) is 12.7 Å². The molecule has 0 bridgehead atoms. The average molecular weight is 392 g/mol. The van der Waals surface area contributed by atoms with Crippen LogP contribution < -0.4 is 0 Å². The Labute approximate surface area is 172 Å². The van der Waals surface area contributed by atoms with Crippen LogP contribution in [0.5, 0.6) is 5.75 Å². The van der Waals surface area contributed by atoms with Gasteiger partial charge in [0.25, 0.3) is 0 Å². The molecule has 0 aromatic heterocycles. The number of phenols is 1. The molecule has 1 aliphatic rings. The number of phenolic OH excluding ortho intramolecular Hbond substituents is 1. The molecule has 0 fully saturated rings. The highest BCUT2D eigenvalue weighted by Gasteiger charge is 2.39. The first kappa shape index (κ1) is 20.8. The molecule has 0 radical (unpaired) electrons. The zero-order valence-corrected chi connectivity index (χ0v) is 17.7. The van der Waals surface area contributed by atoms with Gasteiger partial charge < -0.3 is 9.84 Å². The number of ether oxygens (including phenoxy) is 1. The summed E-state index contributed by atoms with van der Waals surface area (Å²) in [4.78, 5) is 24.3. The lowest BCUT2D eigenvalue weighted by atomic mass is 9.62. The molecule has 0 unspecified atom stereocenters. The van der Waals surface area contributed by atoms with E-state index in [2.05, 4.69) is 32.4 Å². The third kappa shape index (κ3) is 4.12. The van der Waals surface area contributed by atoms with Gasteiger partial charge in [-0.3, -0.25) is 4.79 Å². The van der Waals surface area contributed by atoms with Crippen molar-refractivity contribution in [2.45, 2.75) is 51.4 Å². The molecule has 1 aliphatic carbocycles. The maximum absolute atomic E-state index is 12.8. The van der Waals surface area contributed by atoms with Crippen molar-refractivity contribution in [3.8, 4) is 5.75 Å².